The van der Waals surface area contributed by atoms with Crippen molar-refractivity contribution >= 4 is 18.3 Å². The van der Waals surface area contributed by atoms with E-state index in [1.807, 2.05) is 11.8 Å². The molecular formula is C14H27ClN2O2. The Balaban J connectivity index is 0.00000180. The maximum absolute atomic E-state index is 12.3. The molecule has 0 aromatic rings. The van der Waals surface area contributed by atoms with E-state index in [-0.39, 0.29) is 24.5 Å². The molecule has 4 nitrogen and oxygen atoms in total. The minimum atomic E-state index is 0. The van der Waals surface area contributed by atoms with Gasteiger partial charge >= 0.3 is 0 Å². The zero-order valence-corrected chi connectivity index (χ0v) is 12.7. The van der Waals surface area contributed by atoms with Gasteiger partial charge in [-0.1, -0.05) is 0 Å². The quantitative estimate of drug-likeness (QED) is 0.861. The van der Waals surface area contributed by atoms with Gasteiger partial charge in [0.1, 0.15) is 0 Å². The Morgan fingerprint density at radius 2 is 2.21 bits per heavy atom. The Kier molecular flexibility index (Phi) is 7.11. The molecule has 19 heavy (non-hydrogen) atoms. The highest BCUT2D eigenvalue weighted by molar-refractivity contribution is 5.85. The fourth-order valence-corrected chi connectivity index (χ4v) is 3.10. The Bertz CT molecular complexity index is 281. The van der Waals surface area contributed by atoms with Gasteiger partial charge in [-0.2, -0.15) is 0 Å². The summed E-state index contributed by atoms with van der Waals surface area (Å²) in [6.45, 7) is 4.61. The molecule has 0 spiro atoms. The van der Waals surface area contributed by atoms with Gasteiger partial charge in [0, 0.05) is 38.3 Å². The number of likely N-dealkylation sites (tertiary alicyclic amines) is 1. The molecule has 2 aliphatic rings. The van der Waals surface area contributed by atoms with Crippen molar-refractivity contribution in [2.24, 2.45) is 11.7 Å². The molecule has 0 bridgehead atoms. The molecule has 5 heteroatoms. The lowest BCUT2D eigenvalue weighted by Crippen LogP contribution is -2.51. The zero-order chi connectivity index (χ0) is 13.0. The van der Waals surface area contributed by atoms with Gasteiger partial charge in [0.25, 0.3) is 0 Å². The standard InChI is InChI=1S/C14H26N2O2.ClH/c1-11(15)13-4-2-3-8-16(13)14(17)6-5-12-7-9-18-10-12;/h11-13H,2-10,15H2,1H3;1H. The van der Waals surface area contributed by atoms with Crippen LogP contribution in [0.15, 0.2) is 0 Å². The van der Waals surface area contributed by atoms with E-state index < -0.39 is 0 Å². The number of hydrogen-bond acceptors (Lipinski definition) is 3. The maximum Gasteiger partial charge on any atom is 0.222 e. The lowest BCUT2D eigenvalue weighted by Gasteiger charge is -2.38. The highest BCUT2D eigenvalue weighted by atomic mass is 35.5. The van der Waals surface area contributed by atoms with Crippen LogP contribution in [0.1, 0.15) is 45.4 Å². The molecule has 3 unspecified atom stereocenters. The number of hydrogen-bond donors (Lipinski definition) is 1. The predicted molar refractivity (Wildman–Crippen MR) is 78.4 cm³/mol. The molecule has 1 amide bonds. The monoisotopic (exact) mass is 290 g/mol. The highest BCUT2D eigenvalue weighted by Crippen LogP contribution is 2.23. The number of ether oxygens (including phenoxy) is 1. The van der Waals surface area contributed by atoms with Crippen LogP contribution >= 0.6 is 12.4 Å². The molecule has 2 N–H and O–H groups in total. The van der Waals surface area contributed by atoms with Gasteiger partial charge in [0.05, 0.1) is 0 Å². The van der Waals surface area contributed by atoms with Crippen LogP contribution in [-0.2, 0) is 9.53 Å². The highest BCUT2D eigenvalue weighted by Gasteiger charge is 2.29. The fourth-order valence-electron chi connectivity index (χ4n) is 3.10. The van der Waals surface area contributed by atoms with Crippen LogP contribution in [0, 0.1) is 5.92 Å². The molecule has 0 saturated carbocycles. The second-order valence-corrected chi connectivity index (χ2v) is 5.78. The van der Waals surface area contributed by atoms with Crippen molar-refractivity contribution < 1.29 is 9.53 Å². The first-order valence-electron chi connectivity index (χ1n) is 7.31. The van der Waals surface area contributed by atoms with Gasteiger partial charge in [0.2, 0.25) is 5.91 Å². The van der Waals surface area contributed by atoms with E-state index in [4.69, 9.17) is 10.5 Å². The summed E-state index contributed by atoms with van der Waals surface area (Å²) in [6, 6.07) is 0.343. The third kappa shape index (κ3) is 4.62. The smallest absolute Gasteiger partial charge is 0.222 e. The van der Waals surface area contributed by atoms with Crippen LogP contribution in [-0.4, -0.2) is 42.6 Å². The number of piperidine rings is 1. The summed E-state index contributed by atoms with van der Waals surface area (Å²) in [7, 11) is 0. The zero-order valence-electron chi connectivity index (χ0n) is 11.8. The number of carbonyl (C=O) groups excluding carboxylic acids is 1. The summed E-state index contributed by atoms with van der Waals surface area (Å²) in [4.78, 5) is 14.3. The Morgan fingerprint density at radius 3 is 2.84 bits per heavy atom. The van der Waals surface area contributed by atoms with Gasteiger partial charge in [-0.3, -0.25) is 4.79 Å². The number of nitrogens with zero attached hydrogens (tertiary/aromatic N) is 1. The summed E-state index contributed by atoms with van der Waals surface area (Å²) in [5.41, 5.74) is 6.00. The number of rotatable bonds is 4. The molecule has 2 rings (SSSR count). The SMILES string of the molecule is CC(N)C1CCCCN1C(=O)CCC1CCOC1.Cl. The van der Waals surface area contributed by atoms with Crippen LogP contribution < -0.4 is 5.73 Å². The average Bonchev–Trinajstić information content (AvgIpc) is 2.89. The van der Waals surface area contributed by atoms with Crippen LogP contribution in [0.3, 0.4) is 0 Å². The molecule has 2 heterocycles. The van der Waals surface area contributed by atoms with Crippen LogP contribution in [0.5, 0.6) is 0 Å². The van der Waals surface area contributed by atoms with Crippen molar-refractivity contribution in [3.05, 3.63) is 0 Å². The normalized spacial score (nSPS) is 28.8. The van der Waals surface area contributed by atoms with E-state index in [9.17, 15) is 4.79 Å². The van der Waals surface area contributed by atoms with Crippen LogP contribution in [0.2, 0.25) is 0 Å². The lowest BCUT2D eigenvalue weighted by molar-refractivity contribution is -0.135. The van der Waals surface area contributed by atoms with E-state index in [1.165, 1.54) is 6.42 Å². The molecule has 0 aromatic carbocycles. The first-order valence-corrected chi connectivity index (χ1v) is 7.31. The average molecular weight is 291 g/mol. The Hall–Kier alpha value is -0.320. The minimum absolute atomic E-state index is 0. The van der Waals surface area contributed by atoms with Crippen LogP contribution in [0.4, 0.5) is 0 Å². The van der Waals surface area contributed by atoms with Gasteiger partial charge in [0.15, 0.2) is 0 Å². The van der Waals surface area contributed by atoms with E-state index >= 15 is 0 Å². The fraction of sp³-hybridized carbons (Fsp3) is 0.929. The first-order chi connectivity index (χ1) is 8.68. The summed E-state index contributed by atoms with van der Waals surface area (Å²) in [5, 5.41) is 0. The van der Waals surface area contributed by atoms with Crippen LogP contribution in [0.25, 0.3) is 0 Å². The topological polar surface area (TPSA) is 55.6 Å². The Morgan fingerprint density at radius 1 is 1.42 bits per heavy atom. The largest absolute Gasteiger partial charge is 0.381 e. The van der Waals surface area contributed by atoms with Crippen molar-refractivity contribution in [1.82, 2.24) is 4.90 Å². The van der Waals surface area contributed by atoms with E-state index in [0.717, 1.165) is 45.4 Å². The first kappa shape index (κ1) is 16.7. The van der Waals surface area contributed by atoms with Gasteiger partial charge < -0.3 is 15.4 Å². The lowest BCUT2D eigenvalue weighted by atomic mass is 9.95. The maximum atomic E-state index is 12.3. The van der Waals surface area contributed by atoms with E-state index in [1.54, 1.807) is 0 Å². The number of carbonyl (C=O) groups is 1. The molecule has 2 aliphatic heterocycles. The van der Waals surface area contributed by atoms with Crippen molar-refractivity contribution in [2.45, 2.75) is 57.5 Å². The van der Waals surface area contributed by atoms with Gasteiger partial charge in [-0.05, 0) is 44.9 Å². The van der Waals surface area contributed by atoms with Crippen molar-refractivity contribution in [1.29, 1.82) is 0 Å². The third-order valence-electron chi connectivity index (χ3n) is 4.27. The number of halogens is 1. The van der Waals surface area contributed by atoms with E-state index in [2.05, 4.69) is 0 Å². The van der Waals surface area contributed by atoms with Crippen molar-refractivity contribution in [3.8, 4) is 0 Å². The summed E-state index contributed by atoms with van der Waals surface area (Å²) in [6.07, 6.45) is 6.14. The molecule has 2 fully saturated rings. The second kappa shape index (κ2) is 8.08. The summed E-state index contributed by atoms with van der Waals surface area (Å²) in [5.74, 6) is 0.886. The molecule has 112 valence electrons. The van der Waals surface area contributed by atoms with Crippen molar-refractivity contribution in [3.63, 3.8) is 0 Å². The molecular weight excluding hydrogens is 264 g/mol. The molecule has 0 aliphatic carbocycles. The minimum Gasteiger partial charge on any atom is -0.381 e. The molecule has 0 aromatic heterocycles. The van der Waals surface area contributed by atoms with Gasteiger partial charge in [-0.25, -0.2) is 0 Å². The van der Waals surface area contributed by atoms with E-state index in [0.29, 0.717) is 18.2 Å². The molecule has 3 atom stereocenters. The van der Waals surface area contributed by atoms with Gasteiger partial charge in [-0.15, -0.1) is 12.4 Å². The Labute approximate surface area is 122 Å². The predicted octanol–water partition coefficient (Wildman–Crippen LogP) is 1.95. The third-order valence-corrected chi connectivity index (χ3v) is 4.27. The number of amides is 1. The summed E-state index contributed by atoms with van der Waals surface area (Å²) >= 11 is 0. The molecule has 2 saturated heterocycles. The molecule has 0 radical (unpaired) electrons. The summed E-state index contributed by atoms with van der Waals surface area (Å²) < 4.78 is 5.35. The van der Waals surface area contributed by atoms with Crippen molar-refractivity contribution in [2.75, 3.05) is 19.8 Å². The second-order valence-electron chi connectivity index (χ2n) is 5.78. The number of nitrogens with two attached hydrogens (primary N) is 1.